The van der Waals surface area contributed by atoms with Crippen molar-refractivity contribution in [2.45, 2.75) is 49.4 Å². The number of aliphatic carboxylic acids is 1. The third-order valence-electron chi connectivity index (χ3n) is 7.14. The molecular weight excluding hydrogens is 556 g/mol. The Morgan fingerprint density at radius 3 is 2.33 bits per heavy atom. The number of carboxylic acid groups (broad SMARTS) is 1. The van der Waals surface area contributed by atoms with Crippen molar-refractivity contribution in [3.8, 4) is 5.75 Å². The number of hydrogen-bond donors (Lipinski definition) is 2. The number of carbonyl (C=O) groups excluding carboxylic acids is 1. The molecule has 1 amide bonds. The Hall–Kier alpha value is -4.48. The predicted molar refractivity (Wildman–Crippen MR) is 155 cm³/mol. The molecule has 1 aromatic heterocycles. The van der Waals surface area contributed by atoms with E-state index in [1.165, 1.54) is 18.5 Å². The Balaban J connectivity index is 1.19. The summed E-state index contributed by atoms with van der Waals surface area (Å²) in [6.07, 6.45) is 4.97. The van der Waals surface area contributed by atoms with Gasteiger partial charge >= 0.3 is 5.97 Å². The minimum atomic E-state index is -4.03. The van der Waals surface area contributed by atoms with Crippen LogP contribution in [0.15, 0.2) is 102 Å². The number of benzene rings is 3. The van der Waals surface area contributed by atoms with E-state index in [0.717, 1.165) is 29.7 Å². The van der Waals surface area contributed by atoms with Gasteiger partial charge in [0, 0.05) is 12.7 Å². The lowest BCUT2D eigenvalue weighted by atomic mass is 10.1. The van der Waals surface area contributed by atoms with E-state index in [1.54, 1.807) is 29.0 Å². The first-order valence-electron chi connectivity index (χ1n) is 13.7. The molecular formula is C31H32N4O6S. The first-order valence-corrected chi connectivity index (χ1v) is 15.1. The molecule has 0 bridgehead atoms. The SMILES string of the molecule is O=C(O)C(Cn1cnc(C2CCCN2C(=O)Cc2ccc(COc3ccccc3)cc2)c1)NS(=O)(=O)c1ccccc1. The normalized spacial score (nSPS) is 15.8. The predicted octanol–water partition coefficient (Wildman–Crippen LogP) is 3.80. The van der Waals surface area contributed by atoms with Gasteiger partial charge < -0.3 is 19.3 Å². The molecule has 2 unspecified atom stereocenters. The molecule has 11 heteroatoms. The van der Waals surface area contributed by atoms with Gasteiger partial charge in [-0.05, 0) is 48.2 Å². The number of sulfonamides is 1. The fourth-order valence-corrected chi connectivity index (χ4v) is 6.17. The summed E-state index contributed by atoms with van der Waals surface area (Å²) in [7, 11) is -4.03. The lowest BCUT2D eigenvalue weighted by Gasteiger charge is -2.23. The van der Waals surface area contributed by atoms with E-state index >= 15 is 0 Å². The number of carbonyl (C=O) groups is 2. The molecule has 2 N–H and O–H groups in total. The molecule has 1 aliphatic rings. The molecule has 0 saturated carbocycles. The number of aromatic nitrogens is 2. The maximum Gasteiger partial charge on any atom is 0.323 e. The highest BCUT2D eigenvalue weighted by atomic mass is 32.2. The fraction of sp³-hybridized carbons (Fsp3) is 0.258. The molecule has 2 heterocycles. The fourth-order valence-electron chi connectivity index (χ4n) is 4.97. The number of ether oxygens (including phenoxy) is 1. The average Bonchev–Trinajstić information content (AvgIpc) is 3.67. The lowest BCUT2D eigenvalue weighted by Crippen LogP contribution is -2.43. The van der Waals surface area contributed by atoms with E-state index in [-0.39, 0.29) is 29.8 Å². The van der Waals surface area contributed by atoms with Crippen molar-refractivity contribution in [1.29, 1.82) is 0 Å². The number of carboxylic acids is 1. The Morgan fingerprint density at radius 1 is 0.976 bits per heavy atom. The van der Waals surface area contributed by atoms with Crippen molar-refractivity contribution >= 4 is 21.9 Å². The number of imidazole rings is 1. The first kappa shape index (κ1) is 29.0. The molecule has 2 atom stereocenters. The van der Waals surface area contributed by atoms with Crippen LogP contribution >= 0.6 is 0 Å². The number of amides is 1. The largest absolute Gasteiger partial charge is 0.489 e. The van der Waals surface area contributed by atoms with Crippen LogP contribution in [-0.2, 0) is 39.2 Å². The summed E-state index contributed by atoms with van der Waals surface area (Å²) in [6.45, 7) is 0.884. The van der Waals surface area contributed by atoms with Gasteiger partial charge in [0.2, 0.25) is 15.9 Å². The second-order valence-electron chi connectivity index (χ2n) is 10.2. The molecule has 5 rings (SSSR count). The summed E-state index contributed by atoms with van der Waals surface area (Å²) in [5.41, 5.74) is 2.55. The number of para-hydroxylation sites is 1. The molecule has 4 aromatic rings. The highest BCUT2D eigenvalue weighted by Gasteiger charge is 2.32. The van der Waals surface area contributed by atoms with Crippen molar-refractivity contribution in [1.82, 2.24) is 19.2 Å². The van der Waals surface area contributed by atoms with E-state index in [4.69, 9.17) is 4.74 Å². The van der Waals surface area contributed by atoms with Gasteiger partial charge in [0.25, 0.3) is 0 Å². The van der Waals surface area contributed by atoms with Crippen LogP contribution in [-0.4, -0.2) is 52.4 Å². The number of nitrogens with one attached hydrogen (secondary N) is 1. The molecule has 0 aliphatic carbocycles. The van der Waals surface area contributed by atoms with Crippen LogP contribution in [0.2, 0.25) is 0 Å². The molecule has 1 aliphatic heterocycles. The van der Waals surface area contributed by atoms with Crippen LogP contribution < -0.4 is 9.46 Å². The summed E-state index contributed by atoms with van der Waals surface area (Å²) >= 11 is 0. The van der Waals surface area contributed by atoms with Gasteiger partial charge in [0.05, 0.1) is 35.9 Å². The highest BCUT2D eigenvalue weighted by molar-refractivity contribution is 7.89. The Kier molecular flexibility index (Phi) is 8.99. The zero-order valence-electron chi connectivity index (χ0n) is 22.9. The molecule has 42 heavy (non-hydrogen) atoms. The second-order valence-corrected chi connectivity index (χ2v) is 11.9. The molecule has 1 saturated heterocycles. The maximum absolute atomic E-state index is 13.3. The third-order valence-corrected chi connectivity index (χ3v) is 8.62. The van der Waals surface area contributed by atoms with E-state index in [2.05, 4.69) is 9.71 Å². The molecule has 218 valence electrons. The van der Waals surface area contributed by atoms with Gasteiger partial charge in [0.1, 0.15) is 18.4 Å². The van der Waals surface area contributed by atoms with Crippen LogP contribution in [0.1, 0.15) is 35.7 Å². The van der Waals surface area contributed by atoms with Gasteiger partial charge in [0.15, 0.2) is 0 Å². The number of nitrogens with zero attached hydrogens (tertiary/aromatic N) is 3. The van der Waals surface area contributed by atoms with Crippen molar-refractivity contribution in [2.24, 2.45) is 0 Å². The second kappa shape index (κ2) is 13.0. The van der Waals surface area contributed by atoms with E-state index in [0.29, 0.717) is 18.8 Å². The maximum atomic E-state index is 13.3. The highest BCUT2D eigenvalue weighted by Crippen LogP contribution is 2.31. The molecule has 1 fully saturated rings. The number of likely N-dealkylation sites (tertiary alicyclic amines) is 1. The third kappa shape index (κ3) is 7.23. The van der Waals surface area contributed by atoms with Crippen molar-refractivity contribution in [3.05, 3.63) is 114 Å². The summed E-state index contributed by atoms with van der Waals surface area (Å²) in [4.78, 5) is 31.4. The van der Waals surface area contributed by atoms with Crippen LogP contribution in [0.4, 0.5) is 0 Å². The van der Waals surface area contributed by atoms with E-state index in [9.17, 15) is 23.1 Å². The van der Waals surface area contributed by atoms with E-state index < -0.39 is 22.0 Å². The Labute approximate surface area is 244 Å². The van der Waals surface area contributed by atoms with Crippen molar-refractivity contribution in [3.63, 3.8) is 0 Å². The first-order chi connectivity index (χ1) is 20.3. The molecule has 3 aromatic carbocycles. The van der Waals surface area contributed by atoms with Crippen LogP contribution in [0.25, 0.3) is 0 Å². The van der Waals surface area contributed by atoms with Crippen LogP contribution in [0.5, 0.6) is 5.75 Å². The zero-order chi connectivity index (χ0) is 29.5. The smallest absolute Gasteiger partial charge is 0.323 e. The average molecular weight is 589 g/mol. The summed E-state index contributed by atoms with van der Waals surface area (Å²) in [6, 6.07) is 23.3. The van der Waals surface area contributed by atoms with E-state index in [1.807, 2.05) is 59.5 Å². The van der Waals surface area contributed by atoms with Gasteiger partial charge in [-0.1, -0.05) is 60.7 Å². The number of hydrogen-bond acceptors (Lipinski definition) is 6. The summed E-state index contributed by atoms with van der Waals surface area (Å²) in [5.74, 6) is -0.523. The quantitative estimate of drug-likeness (QED) is 0.257. The standard InChI is InChI=1S/C31H32N4O6S/c36-30(18-23-13-15-24(16-14-23)21-41-25-8-3-1-4-9-25)35-17-7-12-29(35)27-19-34(22-32-27)20-28(31(37)38)33-42(39,40)26-10-5-2-6-11-26/h1-6,8-11,13-16,19,22,28-29,33H,7,12,17-18,20-21H2,(H,37,38). The Morgan fingerprint density at radius 2 is 1.64 bits per heavy atom. The summed E-state index contributed by atoms with van der Waals surface area (Å²) in [5, 5.41) is 9.70. The van der Waals surface area contributed by atoms with Gasteiger partial charge in [-0.25, -0.2) is 13.4 Å². The zero-order valence-corrected chi connectivity index (χ0v) is 23.7. The topological polar surface area (TPSA) is 131 Å². The summed E-state index contributed by atoms with van der Waals surface area (Å²) < 4.78 is 35.0. The van der Waals surface area contributed by atoms with Gasteiger partial charge in [-0.2, -0.15) is 4.72 Å². The lowest BCUT2D eigenvalue weighted by molar-refractivity contribution is -0.139. The van der Waals surface area contributed by atoms with Crippen molar-refractivity contribution in [2.75, 3.05) is 6.54 Å². The minimum Gasteiger partial charge on any atom is -0.489 e. The Bertz CT molecular complexity index is 1610. The molecule has 0 spiro atoms. The molecule has 10 nitrogen and oxygen atoms in total. The van der Waals surface area contributed by atoms with Crippen LogP contribution in [0.3, 0.4) is 0 Å². The minimum absolute atomic E-state index is 0.0145. The van der Waals surface area contributed by atoms with Crippen molar-refractivity contribution < 1.29 is 27.9 Å². The molecule has 0 radical (unpaired) electrons. The number of rotatable bonds is 12. The van der Waals surface area contributed by atoms with Gasteiger partial charge in [-0.15, -0.1) is 0 Å². The van der Waals surface area contributed by atoms with Gasteiger partial charge in [-0.3, -0.25) is 9.59 Å². The van der Waals surface area contributed by atoms with Crippen LogP contribution in [0, 0.1) is 0 Å². The monoisotopic (exact) mass is 588 g/mol.